The van der Waals surface area contributed by atoms with E-state index in [0.29, 0.717) is 24.9 Å². The maximum atomic E-state index is 12.4. The molecule has 0 spiro atoms. The number of rotatable bonds is 4. The quantitative estimate of drug-likeness (QED) is 0.821. The van der Waals surface area contributed by atoms with Gasteiger partial charge in [0.25, 0.3) is 0 Å². The fraction of sp³-hybridized carbons (Fsp3) is 0.462. The molecule has 0 radical (unpaired) electrons. The molecular weight excluding hydrogens is 278 g/mol. The fourth-order valence-corrected chi connectivity index (χ4v) is 3.84. The molecule has 1 aromatic carbocycles. The number of carbonyl (C=O) groups is 1. The zero-order valence-electron chi connectivity index (χ0n) is 11.4. The summed E-state index contributed by atoms with van der Waals surface area (Å²) in [7, 11) is -1.93. The molecule has 0 aliphatic carbocycles. The lowest BCUT2D eigenvalue weighted by Crippen LogP contribution is -2.48. The minimum Gasteiger partial charge on any atom is -0.344 e. The van der Waals surface area contributed by atoms with Gasteiger partial charge in [-0.15, -0.1) is 0 Å². The van der Waals surface area contributed by atoms with E-state index in [1.54, 1.807) is 36.2 Å². The van der Waals surface area contributed by atoms with Crippen molar-refractivity contribution in [2.75, 3.05) is 13.6 Å². The Hall–Kier alpha value is -1.44. The van der Waals surface area contributed by atoms with Gasteiger partial charge in [0.05, 0.1) is 4.90 Å². The lowest BCUT2D eigenvalue weighted by atomic mass is 10.1. The average molecular weight is 297 g/mol. The van der Waals surface area contributed by atoms with Crippen LogP contribution in [0.2, 0.25) is 0 Å². The summed E-state index contributed by atoms with van der Waals surface area (Å²) in [6, 6.07) is 6.42. The zero-order chi connectivity index (χ0) is 14.8. The van der Waals surface area contributed by atoms with Crippen molar-refractivity contribution in [2.24, 2.45) is 5.73 Å². The highest BCUT2D eigenvalue weighted by Crippen LogP contribution is 2.17. The van der Waals surface area contributed by atoms with E-state index in [0.717, 1.165) is 0 Å². The molecule has 1 saturated heterocycles. The number of piperidine rings is 1. The summed E-state index contributed by atoms with van der Waals surface area (Å²) in [5.41, 5.74) is 6.16. The van der Waals surface area contributed by atoms with Crippen molar-refractivity contribution in [3.63, 3.8) is 0 Å². The molecule has 1 unspecified atom stereocenters. The van der Waals surface area contributed by atoms with Gasteiger partial charge >= 0.3 is 0 Å². The standard InChI is InChI=1S/C13H19N3O3S/c1-16-9-11(6-7-13(16)17)15-20(18,19)12-5-3-2-4-10(12)8-14/h2-5,11,15H,6-9,14H2,1H3. The van der Waals surface area contributed by atoms with E-state index in [4.69, 9.17) is 5.73 Å². The number of hydrogen-bond acceptors (Lipinski definition) is 4. The lowest BCUT2D eigenvalue weighted by molar-refractivity contribution is -0.132. The van der Waals surface area contributed by atoms with Crippen molar-refractivity contribution in [1.82, 2.24) is 9.62 Å². The van der Waals surface area contributed by atoms with Crippen LogP contribution < -0.4 is 10.5 Å². The average Bonchev–Trinajstić information content (AvgIpc) is 2.42. The van der Waals surface area contributed by atoms with Gasteiger partial charge in [0, 0.05) is 32.6 Å². The molecule has 1 heterocycles. The number of hydrogen-bond donors (Lipinski definition) is 2. The van der Waals surface area contributed by atoms with Crippen molar-refractivity contribution in [2.45, 2.75) is 30.3 Å². The van der Waals surface area contributed by atoms with Crippen LogP contribution in [-0.4, -0.2) is 38.9 Å². The van der Waals surface area contributed by atoms with E-state index in [-0.39, 0.29) is 23.4 Å². The zero-order valence-corrected chi connectivity index (χ0v) is 12.2. The molecule has 0 bridgehead atoms. The van der Waals surface area contributed by atoms with Crippen LogP contribution in [-0.2, 0) is 21.4 Å². The fourth-order valence-electron chi connectivity index (χ4n) is 2.33. The molecule has 3 N–H and O–H groups in total. The Bertz CT molecular complexity index is 601. The largest absolute Gasteiger partial charge is 0.344 e. The molecule has 1 aliphatic heterocycles. The summed E-state index contributed by atoms with van der Waals surface area (Å²) in [4.78, 5) is 13.2. The van der Waals surface area contributed by atoms with Gasteiger partial charge in [-0.25, -0.2) is 13.1 Å². The highest BCUT2D eigenvalue weighted by molar-refractivity contribution is 7.89. The maximum Gasteiger partial charge on any atom is 0.241 e. The van der Waals surface area contributed by atoms with Gasteiger partial charge in [0.15, 0.2) is 0 Å². The Kier molecular flexibility index (Phi) is 4.42. The lowest BCUT2D eigenvalue weighted by Gasteiger charge is -2.30. The molecule has 0 aromatic heterocycles. The Morgan fingerprint density at radius 3 is 2.75 bits per heavy atom. The first-order valence-corrected chi connectivity index (χ1v) is 7.96. The molecule has 1 atom stereocenters. The van der Waals surface area contributed by atoms with Gasteiger partial charge in [0.2, 0.25) is 15.9 Å². The highest BCUT2D eigenvalue weighted by atomic mass is 32.2. The van der Waals surface area contributed by atoms with Crippen molar-refractivity contribution >= 4 is 15.9 Å². The number of nitrogens with one attached hydrogen (secondary N) is 1. The predicted molar refractivity (Wildman–Crippen MR) is 75.3 cm³/mol. The first kappa shape index (κ1) is 15.0. The molecule has 7 heteroatoms. The van der Waals surface area contributed by atoms with Crippen LogP contribution in [0.5, 0.6) is 0 Å². The molecule has 1 aliphatic rings. The second kappa shape index (κ2) is 5.90. The molecular formula is C13H19N3O3S. The third-order valence-electron chi connectivity index (χ3n) is 3.43. The van der Waals surface area contributed by atoms with Gasteiger partial charge in [-0.05, 0) is 18.1 Å². The number of likely N-dealkylation sites (N-methyl/N-ethyl adjacent to an activating group) is 1. The van der Waals surface area contributed by atoms with Crippen LogP contribution in [0.3, 0.4) is 0 Å². The second-order valence-corrected chi connectivity index (χ2v) is 6.63. The summed E-state index contributed by atoms with van der Waals surface area (Å²) in [6.45, 7) is 0.559. The van der Waals surface area contributed by atoms with E-state index in [9.17, 15) is 13.2 Å². The minimum absolute atomic E-state index is 0.0443. The number of carbonyl (C=O) groups excluding carboxylic acids is 1. The van der Waals surface area contributed by atoms with E-state index >= 15 is 0 Å². The molecule has 110 valence electrons. The monoisotopic (exact) mass is 297 g/mol. The summed E-state index contributed by atoms with van der Waals surface area (Å²) in [5, 5.41) is 0. The summed E-state index contributed by atoms with van der Waals surface area (Å²) < 4.78 is 27.5. The van der Waals surface area contributed by atoms with Crippen LogP contribution in [0.4, 0.5) is 0 Å². The maximum absolute atomic E-state index is 12.4. The first-order valence-electron chi connectivity index (χ1n) is 6.48. The normalized spacial score (nSPS) is 20.2. The van der Waals surface area contributed by atoms with Gasteiger partial charge in [-0.1, -0.05) is 18.2 Å². The number of amides is 1. The topological polar surface area (TPSA) is 92.5 Å². The van der Waals surface area contributed by atoms with E-state index in [1.165, 1.54) is 0 Å². The Morgan fingerprint density at radius 2 is 2.10 bits per heavy atom. The van der Waals surface area contributed by atoms with Crippen molar-refractivity contribution in [1.29, 1.82) is 0 Å². The molecule has 2 rings (SSSR count). The van der Waals surface area contributed by atoms with Gasteiger partial charge in [-0.2, -0.15) is 0 Å². The number of benzene rings is 1. The third-order valence-corrected chi connectivity index (χ3v) is 5.05. The third kappa shape index (κ3) is 3.17. The Balaban J connectivity index is 2.17. The van der Waals surface area contributed by atoms with Crippen LogP contribution in [0, 0.1) is 0 Å². The number of nitrogens with two attached hydrogens (primary N) is 1. The van der Waals surface area contributed by atoms with Crippen LogP contribution >= 0.6 is 0 Å². The number of sulfonamides is 1. The van der Waals surface area contributed by atoms with E-state index in [1.807, 2.05) is 0 Å². The first-order chi connectivity index (χ1) is 9.44. The molecule has 6 nitrogen and oxygen atoms in total. The minimum atomic E-state index is -3.61. The summed E-state index contributed by atoms with van der Waals surface area (Å²) in [6.07, 6.45) is 0.884. The van der Waals surface area contributed by atoms with Crippen LogP contribution in [0.15, 0.2) is 29.2 Å². The second-order valence-electron chi connectivity index (χ2n) is 4.94. The summed E-state index contributed by atoms with van der Waals surface area (Å²) >= 11 is 0. The van der Waals surface area contributed by atoms with E-state index < -0.39 is 10.0 Å². The SMILES string of the molecule is CN1CC(NS(=O)(=O)c2ccccc2CN)CCC1=O. The summed E-state index contributed by atoms with van der Waals surface area (Å²) in [5.74, 6) is 0.0443. The molecule has 1 fully saturated rings. The molecule has 20 heavy (non-hydrogen) atoms. The molecule has 1 amide bonds. The van der Waals surface area contributed by atoms with Crippen LogP contribution in [0.25, 0.3) is 0 Å². The van der Waals surface area contributed by atoms with Crippen LogP contribution in [0.1, 0.15) is 18.4 Å². The van der Waals surface area contributed by atoms with Gasteiger partial charge in [-0.3, -0.25) is 4.79 Å². The smallest absolute Gasteiger partial charge is 0.241 e. The Labute approximate surface area is 119 Å². The number of likely N-dealkylation sites (tertiary alicyclic amines) is 1. The van der Waals surface area contributed by atoms with Crippen molar-refractivity contribution in [3.8, 4) is 0 Å². The van der Waals surface area contributed by atoms with Gasteiger partial charge in [0.1, 0.15) is 0 Å². The van der Waals surface area contributed by atoms with Gasteiger partial charge < -0.3 is 10.6 Å². The predicted octanol–water partition coefficient (Wildman–Crippen LogP) is 0.0444. The number of nitrogens with zero attached hydrogens (tertiary/aromatic N) is 1. The molecule has 1 aromatic rings. The Morgan fingerprint density at radius 1 is 1.40 bits per heavy atom. The van der Waals surface area contributed by atoms with Crippen molar-refractivity contribution < 1.29 is 13.2 Å². The van der Waals surface area contributed by atoms with E-state index in [2.05, 4.69) is 4.72 Å². The van der Waals surface area contributed by atoms with Crippen molar-refractivity contribution in [3.05, 3.63) is 29.8 Å². The highest BCUT2D eigenvalue weighted by Gasteiger charge is 2.28. The molecule has 0 saturated carbocycles.